The first-order chi connectivity index (χ1) is 27.3. The SMILES string of the molecule is C1=Cc2c(c3ccccc3n2-c2ccc(-c3ccc(N(c4ccc(-c5cccc6ccccc56)cc4)c4ccc5sc6ccccc6c5c4)cc3)cc2)CC1. The van der Waals surface area contributed by atoms with Gasteiger partial charge >= 0.3 is 0 Å². The first-order valence-corrected chi connectivity index (χ1v) is 19.9. The summed E-state index contributed by atoms with van der Waals surface area (Å²) in [5.74, 6) is 0. The summed E-state index contributed by atoms with van der Waals surface area (Å²) in [4.78, 5) is 2.39. The van der Waals surface area contributed by atoms with Crippen LogP contribution in [0.5, 0.6) is 0 Å². The Kier molecular flexibility index (Phi) is 7.53. The van der Waals surface area contributed by atoms with Gasteiger partial charge in [-0.15, -0.1) is 11.3 Å². The molecule has 11 rings (SSSR count). The van der Waals surface area contributed by atoms with Crippen LogP contribution in [0.2, 0.25) is 0 Å². The number of anilines is 3. The van der Waals surface area contributed by atoms with Gasteiger partial charge in [0.05, 0.1) is 5.52 Å². The maximum absolute atomic E-state index is 2.42. The molecule has 0 spiro atoms. The second-order valence-electron chi connectivity index (χ2n) is 14.4. The van der Waals surface area contributed by atoms with Gasteiger partial charge in [0.15, 0.2) is 0 Å². The van der Waals surface area contributed by atoms with Crippen molar-refractivity contribution in [1.82, 2.24) is 4.57 Å². The molecule has 0 N–H and O–H groups in total. The minimum Gasteiger partial charge on any atom is -0.310 e. The lowest BCUT2D eigenvalue weighted by Crippen LogP contribution is -2.09. The first kappa shape index (κ1) is 31.8. The fourth-order valence-electron chi connectivity index (χ4n) is 8.64. The third-order valence-electron chi connectivity index (χ3n) is 11.3. The molecular formula is C52H36N2S. The Morgan fingerprint density at radius 1 is 0.473 bits per heavy atom. The zero-order valence-electron chi connectivity index (χ0n) is 30.2. The summed E-state index contributed by atoms with van der Waals surface area (Å²) in [5, 5.41) is 6.48. The highest BCUT2D eigenvalue weighted by molar-refractivity contribution is 7.25. The van der Waals surface area contributed by atoms with E-state index in [1.807, 2.05) is 11.3 Å². The fraction of sp³-hybridized carbons (Fsp3) is 0.0385. The van der Waals surface area contributed by atoms with Gasteiger partial charge in [-0.05, 0) is 124 Å². The van der Waals surface area contributed by atoms with Gasteiger partial charge < -0.3 is 9.47 Å². The summed E-state index contributed by atoms with van der Waals surface area (Å²) >= 11 is 1.86. The van der Waals surface area contributed by atoms with Crippen molar-refractivity contribution in [2.75, 3.05) is 4.90 Å². The Morgan fingerprint density at radius 3 is 1.89 bits per heavy atom. The number of allylic oxidation sites excluding steroid dienone is 1. The molecule has 0 radical (unpaired) electrons. The minimum absolute atomic E-state index is 1.09. The predicted molar refractivity (Wildman–Crippen MR) is 237 cm³/mol. The Balaban J connectivity index is 0.973. The second-order valence-corrected chi connectivity index (χ2v) is 15.5. The predicted octanol–water partition coefficient (Wildman–Crippen LogP) is 14.9. The van der Waals surface area contributed by atoms with E-state index >= 15 is 0 Å². The summed E-state index contributed by atoms with van der Waals surface area (Å²) in [7, 11) is 0. The number of nitrogens with zero attached hydrogens (tertiary/aromatic N) is 2. The van der Waals surface area contributed by atoms with Crippen LogP contribution in [0.4, 0.5) is 17.1 Å². The molecular weight excluding hydrogens is 685 g/mol. The highest BCUT2D eigenvalue weighted by Gasteiger charge is 2.19. The number of aromatic nitrogens is 1. The molecule has 8 aromatic carbocycles. The summed E-state index contributed by atoms with van der Waals surface area (Å²) in [6.07, 6.45) is 6.79. The number of fused-ring (bicyclic) bond motifs is 7. The van der Waals surface area contributed by atoms with Crippen molar-refractivity contribution in [2.45, 2.75) is 12.8 Å². The lowest BCUT2D eigenvalue weighted by Gasteiger charge is -2.26. The summed E-state index contributed by atoms with van der Waals surface area (Å²) < 4.78 is 5.04. The molecule has 0 atom stereocenters. The van der Waals surface area contributed by atoms with Crippen LogP contribution in [-0.2, 0) is 6.42 Å². The van der Waals surface area contributed by atoms with Crippen LogP contribution in [0.25, 0.3) is 75.9 Å². The summed E-state index contributed by atoms with van der Waals surface area (Å²) in [5.41, 5.74) is 13.5. The standard InChI is InChI=1S/C52H36N2S/c1-2-12-43-37(10-1)11-9-16-44(43)38-24-30-40(31-25-38)53(42-32-33-52-48(34-42)47-15-5-8-19-51(47)55-52)39-26-20-35(21-27-39)36-22-28-41(29-23-36)54-49-17-6-3-13-45(49)46-14-4-7-18-50(46)54/h1-3,5-13,15-34H,4,14H2. The van der Waals surface area contributed by atoms with E-state index < -0.39 is 0 Å². The molecule has 1 aliphatic rings. The van der Waals surface area contributed by atoms with Crippen molar-refractivity contribution in [1.29, 1.82) is 0 Å². The molecule has 0 saturated carbocycles. The average molecular weight is 721 g/mol. The van der Waals surface area contributed by atoms with Crippen LogP contribution < -0.4 is 4.90 Å². The van der Waals surface area contributed by atoms with Crippen molar-refractivity contribution >= 4 is 76.3 Å². The molecule has 260 valence electrons. The van der Waals surface area contributed by atoms with Crippen LogP contribution >= 0.6 is 11.3 Å². The van der Waals surface area contributed by atoms with Crippen LogP contribution in [0, 0.1) is 0 Å². The Labute approximate surface area is 324 Å². The van der Waals surface area contributed by atoms with E-state index in [1.54, 1.807) is 0 Å². The number of hydrogen-bond donors (Lipinski definition) is 0. The lowest BCUT2D eigenvalue weighted by atomic mass is 9.98. The molecule has 0 saturated heterocycles. The number of thiophene rings is 1. The zero-order valence-corrected chi connectivity index (χ0v) is 31.0. The monoisotopic (exact) mass is 720 g/mol. The van der Waals surface area contributed by atoms with E-state index in [0.717, 1.165) is 29.9 Å². The molecule has 0 aliphatic heterocycles. The van der Waals surface area contributed by atoms with E-state index in [0.29, 0.717) is 0 Å². The molecule has 0 fully saturated rings. The van der Waals surface area contributed by atoms with E-state index in [2.05, 4.69) is 204 Å². The highest BCUT2D eigenvalue weighted by Crippen LogP contribution is 2.42. The fourth-order valence-corrected chi connectivity index (χ4v) is 9.73. The average Bonchev–Trinajstić information content (AvgIpc) is 3.80. The molecule has 3 heteroatoms. The highest BCUT2D eigenvalue weighted by atomic mass is 32.1. The van der Waals surface area contributed by atoms with Gasteiger partial charge in [-0.25, -0.2) is 0 Å². The minimum atomic E-state index is 1.09. The summed E-state index contributed by atoms with van der Waals surface area (Å²) in [6, 6.07) is 66.8. The van der Waals surface area contributed by atoms with Crippen molar-refractivity contribution in [2.24, 2.45) is 0 Å². The molecule has 0 bridgehead atoms. The molecule has 2 nitrogen and oxygen atoms in total. The van der Waals surface area contributed by atoms with Crippen molar-refractivity contribution in [3.63, 3.8) is 0 Å². The molecule has 55 heavy (non-hydrogen) atoms. The van der Waals surface area contributed by atoms with Gasteiger partial charge in [-0.3, -0.25) is 0 Å². The maximum atomic E-state index is 2.42. The van der Waals surface area contributed by atoms with E-state index in [-0.39, 0.29) is 0 Å². The van der Waals surface area contributed by atoms with Crippen LogP contribution in [0.3, 0.4) is 0 Å². The van der Waals surface area contributed by atoms with Crippen LogP contribution in [0.1, 0.15) is 17.7 Å². The lowest BCUT2D eigenvalue weighted by molar-refractivity contribution is 0.967. The molecule has 1 aliphatic carbocycles. The number of para-hydroxylation sites is 1. The quantitative estimate of drug-likeness (QED) is 0.166. The smallest absolute Gasteiger partial charge is 0.0537 e. The molecule has 2 aromatic heterocycles. The number of rotatable bonds is 6. The van der Waals surface area contributed by atoms with Gasteiger partial charge in [0, 0.05) is 54.0 Å². The second kappa shape index (κ2) is 13.0. The largest absolute Gasteiger partial charge is 0.310 e. The van der Waals surface area contributed by atoms with Gasteiger partial charge in [0.2, 0.25) is 0 Å². The molecule has 2 heterocycles. The number of benzene rings is 8. The maximum Gasteiger partial charge on any atom is 0.0537 e. The Bertz CT molecular complexity index is 3070. The first-order valence-electron chi connectivity index (χ1n) is 19.1. The van der Waals surface area contributed by atoms with Gasteiger partial charge in [0.1, 0.15) is 0 Å². The third kappa shape index (κ3) is 5.39. The van der Waals surface area contributed by atoms with Crippen molar-refractivity contribution in [3.05, 3.63) is 199 Å². The van der Waals surface area contributed by atoms with E-state index in [9.17, 15) is 0 Å². The van der Waals surface area contributed by atoms with Gasteiger partial charge in [-0.1, -0.05) is 121 Å². The van der Waals surface area contributed by atoms with Gasteiger partial charge in [0.25, 0.3) is 0 Å². The topological polar surface area (TPSA) is 8.17 Å². The van der Waals surface area contributed by atoms with Crippen molar-refractivity contribution < 1.29 is 0 Å². The van der Waals surface area contributed by atoms with Crippen LogP contribution in [-0.4, -0.2) is 4.57 Å². The Hall–Kier alpha value is -6.68. The molecule has 0 unspecified atom stereocenters. The summed E-state index contributed by atoms with van der Waals surface area (Å²) in [6.45, 7) is 0. The number of aryl methyl sites for hydroxylation is 1. The number of hydrogen-bond acceptors (Lipinski definition) is 2. The van der Waals surface area contributed by atoms with Crippen LogP contribution in [0.15, 0.2) is 188 Å². The van der Waals surface area contributed by atoms with E-state index in [4.69, 9.17) is 0 Å². The molecule has 0 amide bonds. The molecule has 10 aromatic rings. The van der Waals surface area contributed by atoms with Crippen molar-refractivity contribution in [3.8, 4) is 27.9 Å². The zero-order chi connectivity index (χ0) is 36.3. The Morgan fingerprint density at radius 2 is 1.09 bits per heavy atom. The van der Waals surface area contributed by atoms with E-state index in [1.165, 1.54) is 81.0 Å². The third-order valence-corrected chi connectivity index (χ3v) is 12.4. The normalized spacial score (nSPS) is 12.5. The van der Waals surface area contributed by atoms with Gasteiger partial charge in [-0.2, -0.15) is 0 Å².